The Labute approximate surface area is 156 Å². The quantitative estimate of drug-likeness (QED) is 0.765. The van der Waals surface area contributed by atoms with Gasteiger partial charge in [0.25, 0.3) is 5.91 Å². The lowest BCUT2D eigenvalue weighted by molar-refractivity contribution is 0.0933. The van der Waals surface area contributed by atoms with Gasteiger partial charge in [0.1, 0.15) is 0 Å². The minimum Gasteiger partial charge on any atom is -0.342 e. The lowest BCUT2D eigenvalue weighted by Crippen LogP contribution is -2.30. The van der Waals surface area contributed by atoms with Crippen LogP contribution in [0.1, 0.15) is 55.1 Å². The molecule has 0 radical (unpaired) electrons. The molecule has 1 amide bonds. The number of hydrogen-bond acceptors (Lipinski definition) is 5. The largest absolute Gasteiger partial charge is 0.342 e. The van der Waals surface area contributed by atoms with Crippen molar-refractivity contribution in [2.75, 3.05) is 6.54 Å². The van der Waals surface area contributed by atoms with Gasteiger partial charge >= 0.3 is 0 Å². The third-order valence-electron chi connectivity index (χ3n) is 4.91. The van der Waals surface area contributed by atoms with E-state index in [0.29, 0.717) is 11.7 Å². The Kier molecular flexibility index (Phi) is 4.54. The molecule has 0 aliphatic carbocycles. The lowest BCUT2D eigenvalue weighted by atomic mass is 10.2. The summed E-state index contributed by atoms with van der Waals surface area (Å²) in [6, 6.07) is 2.25. The number of thiazole rings is 1. The van der Waals surface area contributed by atoms with Crippen molar-refractivity contribution < 1.29 is 4.79 Å². The molecule has 7 nitrogen and oxygen atoms in total. The normalized spacial score (nSPS) is 16.6. The first-order valence-corrected chi connectivity index (χ1v) is 9.93. The summed E-state index contributed by atoms with van der Waals surface area (Å²) in [4.78, 5) is 20.6. The Morgan fingerprint density at radius 1 is 1.31 bits per heavy atom. The van der Waals surface area contributed by atoms with E-state index in [1.165, 1.54) is 0 Å². The Balaban J connectivity index is 1.48. The Hall–Kier alpha value is -2.19. The van der Waals surface area contributed by atoms with Crippen LogP contribution in [0.4, 0.5) is 0 Å². The fourth-order valence-electron chi connectivity index (χ4n) is 3.34. The van der Waals surface area contributed by atoms with Crippen molar-refractivity contribution >= 4 is 22.2 Å². The van der Waals surface area contributed by atoms with Crippen LogP contribution in [0.2, 0.25) is 0 Å². The SMILES string of the molecule is CC(C)N1CCCn2nc(C(=O)N[C@H](C)c3cn4ccsc4n3)cc2C1. The van der Waals surface area contributed by atoms with Crippen molar-refractivity contribution in [1.82, 2.24) is 29.4 Å². The molecule has 1 aliphatic heterocycles. The van der Waals surface area contributed by atoms with E-state index in [0.717, 1.165) is 42.4 Å². The van der Waals surface area contributed by atoms with Crippen LogP contribution in [0.5, 0.6) is 0 Å². The maximum atomic E-state index is 12.7. The number of imidazole rings is 1. The summed E-state index contributed by atoms with van der Waals surface area (Å²) < 4.78 is 3.95. The number of carbonyl (C=O) groups is 1. The van der Waals surface area contributed by atoms with E-state index in [9.17, 15) is 4.79 Å². The van der Waals surface area contributed by atoms with E-state index in [-0.39, 0.29) is 11.9 Å². The summed E-state index contributed by atoms with van der Waals surface area (Å²) in [5, 5.41) is 9.55. The zero-order valence-electron chi connectivity index (χ0n) is 15.3. The molecule has 0 saturated heterocycles. The number of nitrogens with zero attached hydrogens (tertiary/aromatic N) is 5. The second-order valence-electron chi connectivity index (χ2n) is 7.12. The number of aromatic nitrogens is 4. The maximum absolute atomic E-state index is 12.7. The smallest absolute Gasteiger partial charge is 0.272 e. The van der Waals surface area contributed by atoms with Crippen LogP contribution in [0.3, 0.4) is 0 Å². The molecule has 8 heteroatoms. The fourth-order valence-corrected chi connectivity index (χ4v) is 4.04. The molecular weight excluding hydrogens is 348 g/mol. The van der Waals surface area contributed by atoms with Gasteiger partial charge in [-0.25, -0.2) is 4.98 Å². The first kappa shape index (κ1) is 17.2. The van der Waals surface area contributed by atoms with Gasteiger partial charge in [-0.15, -0.1) is 11.3 Å². The number of nitrogens with one attached hydrogen (secondary N) is 1. The molecule has 26 heavy (non-hydrogen) atoms. The molecule has 138 valence electrons. The van der Waals surface area contributed by atoms with Crippen molar-refractivity contribution in [2.24, 2.45) is 0 Å². The van der Waals surface area contributed by atoms with E-state index in [1.54, 1.807) is 11.3 Å². The van der Waals surface area contributed by atoms with Gasteiger partial charge in [0.05, 0.1) is 17.4 Å². The molecule has 4 heterocycles. The average Bonchev–Trinajstić information content (AvgIpc) is 3.26. The third kappa shape index (κ3) is 3.26. The molecule has 3 aromatic heterocycles. The summed E-state index contributed by atoms with van der Waals surface area (Å²) in [5.74, 6) is -0.148. The molecule has 0 spiro atoms. The van der Waals surface area contributed by atoms with E-state index in [4.69, 9.17) is 0 Å². The molecule has 0 fully saturated rings. The Morgan fingerprint density at radius 2 is 2.15 bits per heavy atom. The molecule has 0 unspecified atom stereocenters. The van der Waals surface area contributed by atoms with Crippen molar-refractivity contribution in [3.05, 3.63) is 40.9 Å². The second kappa shape index (κ2) is 6.85. The predicted octanol–water partition coefficient (Wildman–Crippen LogP) is 2.70. The molecule has 0 aromatic carbocycles. The highest BCUT2D eigenvalue weighted by Crippen LogP contribution is 2.19. The van der Waals surface area contributed by atoms with Gasteiger partial charge in [-0.3, -0.25) is 18.8 Å². The van der Waals surface area contributed by atoms with Crippen LogP contribution in [-0.4, -0.2) is 42.6 Å². The van der Waals surface area contributed by atoms with Gasteiger partial charge < -0.3 is 5.32 Å². The van der Waals surface area contributed by atoms with Crippen LogP contribution in [0.15, 0.2) is 23.8 Å². The number of hydrogen-bond donors (Lipinski definition) is 1. The highest BCUT2D eigenvalue weighted by Gasteiger charge is 2.22. The minimum atomic E-state index is -0.164. The van der Waals surface area contributed by atoms with E-state index in [2.05, 4.69) is 34.1 Å². The average molecular weight is 372 g/mol. The molecule has 1 N–H and O–H groups in total. The highest BCUT2D eigenvalue weighted by atomic mass is 32.1. The summed E-state index contributed by atoms with van der Waals surface area (Å²) in [6.45, 7) is 9.13. The predicted molar refractivity (Wildman–Crippen MR) is 101 cm³/mol. The first-order valence-electron chi connectivity index (χ1n) is 9.05. The molecule has 4 rings (SSSR count). The first-order chi connectivity index (χ1) is 12.5. The molecule has 3 aromatic rings. The number of aryl methyl sites for hydroxylation is 1. The van der Waals surface area contributed by atoms with Crippen LogP contribution in [0.25, 0.3) is 4.96 Å². The second-order valence-corrected chi connectivity index (χ2v) is 7.99. The summed E-state index contributed by atoms with van der Waals surface area (Å²) in [6.07, 6.45) is 4.98. The van der Waals surface area contributed by atoms with Gasteiger partial charge in [-0.05, 0) is 33.3 Å². The van der Waals surface area contributed by atoms with Crippen molar-refractivity contribution in [3.63, 3.8) is 0 Å². The standard InChI is InChI=1S/C18H24N6OS/c1-12(2)22-5-4-6-24-14(10-22)9-15(21-24)17(25)19-13(3)16-11-23-7-8-26-18(23)20-16/h7-9,11-13H,4-6,10H2,1-3H3,(H,19,25)/t13-/m1/s1. The Morgan fingerprint density at radius 3 is 2.92 bits per heavy atom. The topological polar surface area (TPSA) is 67.5 Å². The van der Waals surface area contributed by atoms with Gasteiger partial charge in [0.2, 0.25) is 0 Å². The number of carbonyl (C=O) groups excluding carboxylic acids is 1. The van der Waals surface area contributed by atoms with Gasteiger partial charge in [0, 0.05) is 43.4 Å². The lowest BCUT2D eigenvalue weighted by Gasteiger charge is -2.23. The van der Waals surface area contributed by atoms with E-state index < -0.39 is 0 Å². The number of fused-ring (bicyclic) bond motifs is 2. The number of amides is 1. The van der Waals surface area contributed by atoms with E-state index >= 15 is 0 Å². The highest BCUT2D eigenvalue weighted by molar-refractivity contribution is 7.15. The molecule has 0 saturated carbocycles. The summed E-state index contributed by atoms with van der Waals surface area (Å²) in [5.41, 5.74) is 2.45. The molecule has 0 bridgehead atoms. The van der Waals surface area contributed by atoms with Crippen LogP contribution in [0, 0.1) is 0 Å². The monoisotopic (exact) mass is 372 g/mol. The van der Waals surface area contributed by atoms with Gasteiger partial charge in [0.15, 0.2) is 10.7 Å². The molecule has 1 atom stereocenters. The van der Waals surface area contributed by atoms with Crippen LogP contribution < -0.4 is 5.32 Å². The zero-order chi connectivity index (χ0) is 18.3. The van der Waals surface area contributed by atoms with Crippen molar-refractivity contribution in [2.45, 2.75) is 52.4 Å². The minimum absolute atomic E-state index is 0.148. The van der Waals surface area contributed by atoms with Crippen molar-refractivity contribution in [1.29, 1.82) is 0 Å². The van der Waals surface area contributed by atoms with Gasteiger partial charge in [-0.1, -0.05) is 0 Å². The van der Waals surface area contributed by atoms with Crippen LogP contribution >= 0.6 is 11.3 Å². The van der Waals surface area contributed by atoms with Gasteiger partial charge in [-0.2, -0.15) is 5.10 Å². The van der Waals surface area contributed by atoms with Crippen molar-refractivity contribution in [3.8, 4) is 0 Å². The zero-order valence-corrected chi connectivity index (χ0v) is 16.2. The third-order valence-corrected chi connectivity index (χ3v) is 5.68. The number of rotatable bonds is 4. The van der Waals surface area contributed by atoms with Crippen LogP contribution in [-0.2, 0) is 13.1 Å². The maximum Gasteiger partial charge on any atom is 0.272 e. The Bertz CT molecular complexity index is 895. The summed E-state index contributed by atoms with van der Waals surface area (Å²) >= 11 is 1.58. The molecule has 1 aliphatic rings. The fraction of sp³-hybridized carbons (Fsp3) is 0.500. The van der Waals surface area contributed by atoms with E-state index in [1.807, 2.05) is 39.8 Å². The molecular formula is C18H24N6OS. The summed E-state index contributed by atoms with van der Waals surface area (Å²) in [7, 11) is 0.